The molecule has 1 N–H and O–H groups in total. The summed E-state index contributed by atoms with van der Waals surface area (Å²) >= 11 is 0. The molecule has 0 fully saturated rings. The molecule has 3 aromatic rings. The molecule has 0 aliphatic heterocycles. The smallest absolute Gasteiger partial charge is 0.336 e. The van der Waals surface area contributed by atoms with E-state index in [-0.39, 0.29) is 4.90 Å². The Balaban J connectivity index is 1.99. The zero-order valence-corrected chi connectivity index (χ0v) is 13.4. The van der Waals surface area contributed by atoms with Gasteiger partial charge in [0.15, 0.2) is 0 Å². The second kappa shape index (κ2) is 5.83. The zero-order chi connectivity index (χ0) is 17.3. The summed E-state index contributed by atoms with van der Waals surface area (Å²) in [6, 6.07) is 13.8. The van der Waals surface area contributed by atoms with Crippen LogP contribution in [0.1, 0.15) is 11.1 Å². The maximum absolute atomic E-state index is 12.5. The van der Waals surface area contributed by atoms with Gasteiger partial charge in [0.2, 0.25) is 0 Å². The Morgan fingerprint density at radius 2 is 1.88 bits per heavy atom. The van der Waals surface area contributed by atoms with Gasteiger partial charge in [-0.1, -0.05) is 0 Å². The highest BCUT2D eigenvalue weighted by Crippen LogP contribution is 2.23. The van der Waals surface area contributed by atoms with E-state index in [9.17, 15) is 13.2 Å². The van der Waals surface area contributed by atoms with E-state index in [0.717, 1.165) is 0 Å². The molecule has 0 radical (unpaired) electrons. The van der Waals surface area contributed by atoms with Crippen molar-refractivity contribution in [2.75, 3.05) is 4.72 Å². The Morgan fingerprint density at radius 1 is 1.08 bits per heavy atom. The van der Waals surface area contributed by atoms with Gasteiger partial charge in [-0.05, 0) is 55.0 Å². The normalized spacial score (nSPS) is 11.2. The van der Waals surface area contributed by atoms with E-state index in [1.165, 1.54) is 36.4 Å². The minimum absolute atomic E-state index is 0.0983. The summed E-state index contributed by atoms with van der Waals surface area (Å²) in [6.07, 6.45) is 0. The molecule has 0 bridgehead atoms. The Labute approximate surface area is 138 Å². The van der Waals surface area contributed by atoms with Gasteiger partial charge in [0, 0.05) is 17.1 Å². The summed E-state index contributed by atoms with van der Waals surface area (Å²) in [5, 5.41) is 9.47. The summed E-state index contributed by atoms with van der Waals surface area (Å²) in [6.45, 7) is 1.63. The van der Waals surface area contributed by atoms with Crippen LogP contribution in [0.5, 0.6) is 0 Å². The third-order valence-electron chi connectivity index (χ3n) is 3.47. The lowest BCUT2D eigenvalue weighted by molar-refractivity contribution is 0.561. The molecule has 3 rings (SSSR count). The summed E-state index contributed by atoms with van der Waals surface area (Å²) in [4.78, 5) is 11.3. The fourth-order valence-corrected chi connectivity index (χ4v) is 3.64. The number of nitrogens with one attached hydrogen (secondary N) is 1. The van der Waals surface area contributed by atoms with Gasteiger partial charge in [0.1, 0.15) is 5.58 Å². The standard InChI is InChI=1S/C17H12N2O4S/c1-11-8-12(10-18)2-6-16(11)24(21,22)19-14-4-5-15-13(9-14)3-7-17(20)23-15/h2-9,19H,1H3. The fourth-order valence-electron chi connectivity index (χ4n) is 2.37. The highest BCUT2D eigenvalue weighted by Gasteiger charge is 2.17. The van der Waals surface area contributed by atoms with E-state index in [4.69, 9.17) is 9.68 Å². The van der Waals surface area contributed by atoms with Crippen molar-refractivity contribution in [2.45, 2.75) is 11.8 Å². The SMILES string of the molecule is Cc1cc(C#N)ccc1S(=O)(=O)Nc1ccc2oc(=O)ccc2c1. The minimum atomic E-state index is -3.80. The molecule has 0 atom stereocenters. The highest BCUT2D eigenvalue weighted by molar-refractivity contribution is 7.92. The quantitative estimate of drug-likeness (QED) is 0.739. The van der Waals surface area contributed by atoms with Crippen LogP contribution in [0.15, 0.2) is 62.6 Å². The average Bonchev–Trinajstić information content (AvgIpc) is 2.54. The van der Waals surface area contributed by atoms with Gasteiger partial charge < -0.3 is 4.42 Å². The van der Waals surface area contributed by atoms with Crippen molar-refractivity contribution in [1.82, 2.24) is 0 Å². The fraction of sp³-hybridized carbons (Fsp3) is 0.0588. The number of rotatable bonds is 3. The van der Waals surface area contributed by atoms with E-state index in [2.05, 4.69) is 4.72 Å². The van der Waals surface area contributed by atoms with Gasteiger partial charge in [0.25, 0.3) is 10.0 Å². The van der Waals surface area contributed by atoms with Crippen molar-refractivity contribution in [3.63, 3.8) is 0 Å². The number of hydrogen-bond donors (Lipinski definition) is 1. The predicted molar refractivity (Wildman–Crippen MR) is 89.2 cm³/mol. The molecule has 0 aliphatic rings. The molecule has 6 nitrogen and oxygen atoms in total. The monoisotopic (exact) mass is 340 g/mol. The number of anilines is 1. The van der Waals surface area contributed by atoms with Crippen molar-refractivity contribution in [3.8, 4) is 6.07 Å². The Morgan fingerprint density at radius 3 is 2.58 bits per heavy atom. The van der Waals surface area contributed by atoms with Crippen LogP contribution in [0.3, 0.4) is 0 Å². The molecule has 2 aromatic carbocycles. The first-order valence-electron chi connectivity index (χ1n) is 6.96. The maximum atomic E-state index is 12.5. The summed E-state index contributed by atoms with van der Waals surface area (Å²) in [5.74, 6) is 0. The molecule has 0 saturated heterocycles. The van der Waals surface area contributed by atoms with E-state index >= 15 is 0 Å². The first-order valence-corrected chi connectivity index (χ1v) is 8.45. The minimum Gasteiger partial charge on any atom is -0.423 e. The summed E-state index contributed by atoms with van der Waals surface area (Å²) < 4.78 is 32.6. The molecule has 0 unspecified atom stereocenters. The average molecular weight is 340 g/mol. The molecule has 1 aromatic heterocycles. The number of nitrogens with zero attached hydrogens (tertiary/aromatic N) is 1. The van der Waals surface area contributed by atoms with E-state index in [1.807, 2.05) is 6.07 Å². The van der Waals surface area contributed by atoms with Gasteiger partial charge in [-0.3, -0.25) is 4.72 Å². The molecule has 120 valence electrons. The van der Waals surface area contributed by atoms with E-state index in [1.54, 1.807) is 19.1 Å². The van der Waals surface area contributed by atoms with Crippen LogP contribution in [0, 0.1) is 18.3 Å². The van der Waals surface area contributed by atoms with Gasteiger partial charge in [-0.2, -0.15) is 5.26 Å². The Hall–Kier alpha value is -3.11. The van der Waals surface area contributed by atoms with Crippen LogP contribution in [0.4, 0.5) is 5.69 Å². The Kier molecular flexibility index (Phi) is 3.83. The number of hydrogen-bond acceptors (Lipinski definition) is 5. The van der Waals surface area contributed by atoms with Crippen molar-refractivity contribution < 1.29 is 12.8 Å². The number of sulfonamides is 1. The maximum Gasteiger partial charge on any atom is 0.336 e. The summed E-state index contributed by atoms with van der Waals surface area (Å²) in [5.41, 5.74) is 1.13. The lowest BCUT2D eigenvalue weighted by Crippen LogP contribution is -2.14. The van der Waals surface area contributed by atoms with Crippen LogP contribution in [-0.2, 0) is 10.0 Å². The lowest BCUT2D eigenvalue weighted by atomic mass is 10.2. The van der Waals surface area contributed by atoms with Crippen LogP contribution in [0.2, 0.25) is 0 Å². The molecule has 7 heteroatoms. The van der Waals surface area contributed by atoms with Gasteiger partial charge in [-0.15, -0.1) is 0 Å². The lowest BCUT2D eigenvalue weighted by Gasteiger charge is -2.11. The molecule has 0 saturated carbocycles. The van der Waals surface area contributed by atoms with Crippen LogP contribution < -0.4 is 10.3 Å². The zero-order valence-electron chi connectivity index (χ0n) is 12.6. The van der Waals surface area contributed by atoms with Crippen molar-refractivity contribution in [1.29, 1.82) is 5.26 Å². The molecule has 0 aliphatic carbocycles. The van der Waals surface area contributed by atoms with E-state index < -0.39 is 15.6 Å². The largest absolute Gasteiger partial charge is 0.423 e. The van der Waals surface area contributed by atoms with Crippen molar-refractivity contribution in [2.24, 2.45) is 0 Å². The summed E-state index contributed by atoms with van der Waals surface area (Å²) in [7, 11) is -3.80. The van der Waals surface area contributed by atoms with Gasteiger partial charge in [-0.25, -0.2) is 13.2 Å². The molecular weight excluding hydrogens is 328 g/mol. The highest BCUT2D eigenvalue weighted by atomic mass is 32.2. The number of aryl methyl sites for hydroxylation is 1. The first-order chi connectivity index (χ1) is 11.4. The van der Waals surface area contributed by atoms with Crippen molar-refractivity contribution in [3.05, 3.63) is 70.1 Å². The van der Waals surface area contributed by atoms with Crippen molar-refractivity contribution >= 4 is 26.7 Å². The third-order valence-corrected chi connectivity index (χ3v) is 5.01. The molecule has 0 spiro atoms. The molecular formula is C17H12N2O4S. The number of nitriles is 1. The number of fused-ring (bicyclic) bond motifs is 1. The molecule has 1 heterocycles. The topological polar surface area (TPSA) is 100 Å². The second-order valence-corrected chi connectivity index (χ2v) is 6.86. The van der Waals surface area contributed by atoms with E-state index in [0.29, 0.717) is 27.8 Å². The van der Waals surface area contributed by atoms with Crippen LogP contribution in [-0.4, -0.2) is 8.42 Å². The van der Waals surface area contributed by atoms with Crippen LogP contribution >= 0.6 is 0 Å². The van der Waals surface area contributed by atoms with Crippen LogP contribution in [0.25, 0.3) is 11.0 Å². The molecule has 0 amide bonds. The third kappa shape index (κ3) is 3.00. The van der Waals surface area contributed by atoms with Gasteiger partial charge in [0.05, 0.1) is 16.5 Å². The van der Waals surface area contributed by atoms with Gasteiger partial charge >= 0.3 is 5.63 Å². The molecule has 24 heavy (non-hydrogen) atoms. The predicted octanol–water partition coefficient (Wildman–Crippen LogP) is 2.77. The number of benzene rings is 2. The second-order valence-electron chi connectivity index (χ2n) is 5.20. The Bertz CT molecular complexity index is 1140. The first kappa shape index (κ1) is 15.8.